The molecule has 0 saturated carbocycles. The molecule has 2 aromatic carbocycles. The third-order valence-electron chi connectivity index (χ3n) is 6.77. The second kappa shape index (κ2) is 9.45. The first-order valence-corrected chi connectivity index (χ1v) is 12.8. The first kappa shape index (κ1) is 24.7. The van der Waals surface area contributed by atoms with E-state index in [9.17, 15) is 9.59 Å². The Labute approximate surface area is 216 Å². The lowest BCUT2D eigenvalue weighted by atomic mass is 9.99. The highest BCUT2D eigenvalue weighted by Crippen LogP contribution is 2.42. The number of hydrogen-bond donors (Lipinski definition) is 1. The Morgan fingerprint density at radius 1 is 1.11 bits per heavy atom. The van der Waals surface area contributed by atoms with E-state index in [1.54, 1.807) is 10.6 Å². The Balaban J connectivity index is 1.68. The van der Waals surface area contributed by atoms with Gasteiger partial charge in [-0.05, 0) is 76.5 Å². The zero-order valence-corrected chi connectivity index (χ0v) is 22.0. The van der Waals surface area contributed by atoms with Gasteiger partial charge in [-0.2, -0.15) is 0 Å². The summed E-state index contributed by atoms with van der Waals surface area (Å²) in [5.41, 5.74) is 3.51. The van der Waals surface area contributed by atoms with Crippen LogP contribution in [0.2, 0.25) is 5.02 Å². The molecule has 7 nitrogen and oxygen atoms in total. The number of methoxy groups -OCH3 is 1. The Hall–Kier alpha value is -3.03. The van der Waals surface area contributed by atoms with Crippen LogP contribution in [0.25, 0.3) is 22.2 Å². The van der Waals surface area contributed by atoms with Crippen LogP contribution in [0.4, 0.5) is 4.79 Å². The lowest BCUT2D eigenvalue weighted by Gasteiger charge is -2.26. The number of likely N-dealkylation sites (tertiary alicyclic amines) is 1. The van der Waals surface area contributed by atoms with E-state index in [1.165, 1.54) is 31.9 Å². The van der Waals surface area contributed by atoms with Crippen molar-refractivity contribution in [2.45, 2.75) is 58.7 Å². The predicted octanol–water partition coefficient (Wildman–Crippen LogP) is 5.98. The Morgan fingerprint density at radius 3 is 2.56 bits per heavy atom. The molecular weight excluding hydrogens is 478 g/mol. The molecule has 190 valence electrons. The molecule has 1 fully saturated rings. The summed E-state index contributed by atoms with van der Waals surface area (Å²) in [6.45, 7) is 8.90. The van der Waals surface area contributed by atoms with E-state index in [0.717, 1.165) is 30.5 Å². The maximum atomic E-state index is 13.5. The Morgan fingerprint density at radius 2 is 1.86 bits per heavy atom. The highest BCUT2D eigenvalue weighted by Gasteiger charge is 2.31. The van der Waals surface area contributed by atoms with Crippen molar-refractivity contribution in [3.63, 3.8) is 0 Å². The van der Waals surface area contributed by atoms with Crippen molar-refractivity contribution in [2.75, 3.05) is 20.2 Å². The molecule has 0 bridgehead atoms. The van der Waals surface area contributed by atoms with Crippen LogP contribution in [-0.2, 0) is 17.8 Å². The summed E-state index contributed by atoms with van der Waals surface area (Å²) in [6.07, 6.45) is 3.25. The van der Waals surface area contributed by atoms with E-state index < -0.39 is 11.7 Å². The van der Waals surface area contributed by atoms with E-state index in [2.05, 4.69) is 22.3 Å². The Bertz CT molecular complexity index is 1350. The van der Waals surface area contributed by atoms with E-state index in [0.29, 0.717) is 39.7 Å². The van der Waals surface area contributed by atoms with Gasteiger partial charge in [0.25, 0.3) is 5.91 Å². The van der Waals surface area contributed by atoms with Gasteiger partial charge in [-0.3, -0.25) is 9.69 Å². The molecule has 0 unspecified atom stereocenters. The summed E-state index contributed by atoms with van der Waals surface area (Å²) < 4.78 is 12.9. The van der Waals surface area contributed by atoms with Crippen LogP contribution in [-0.4, -0.2) is 47.3 Å². The summed E-state index contributed by atoms with van der Waals surface area (Å²) in [5.74, 6) is 0.227. The molecular formula is C28H32ClN3O4. The number of benzene rings is 2. The number of ether oxygens (including phenoxy) is 2. The van der Waals surface area contributed by atoms with Gasteiger partial charge >= 0.3 is 6.09 Å². The van der Waals surface area contributed by atoms with E-state index in [-0.39, 0.29) is 5.91 Å². The molecule has 0 atom stereocenters. The van der Waals surface area contributed by atoms with E-state index in [1.807, 2.05) is 32.9 Å². The maximum Gasteiger partial charge on any atom is 0.419 e. The molecule has 0 radical (unpaired) electrons. The summed E-state index contributed by atoms with van der Waals surface area (Å²) in [5, 5.41) is 4.16. The number of rotatable bonds is 4. The number of carbonyl (C=O) groups is 2. The quantitative estimate of drug-likeness (QED) is 0.468. The zero-order valence-electron chi connectivity index (χ0n) is 21.2. The van der Waals surface area contributed by atoms with Crippen molar-refractivity contribution < 1.29 is 19.1 Å². The van der Waals surface area contributed by atoms with Crippen molar-refractivity contribution in [3.8, 4) is 17.0 Å². The number of aromatic nitrogens is 1. The van der Waals surface area contributed by atoms with Crippen LogP contribution in [0.5, 0.6) is 5.75 Å². The molecule has 2 aliphatic rings. The standard InChI is InChI=1S/C28H32ClN3O4/c1-28(2,3)36-27(34)32-21-9-8-17(16-31-10-6-5-7-11-31)12-18(21)13-22(32)19-14-23(35-4)25(29)20-15-30-26(33)24(19)20/h8-9,12-14H,5-7,10-11,15-16H2,1-4H3,(H,30,33). The number of amides is 1. The minimum absolute atomic E-state index is 0.226. The van der Waals surface area contributed by atoms with Crippen molar-refractivity contribution in [2.24, 2.45) is 0 Å². The third kappa shape index (κ3) is 4.58. The normalized spacial score (nSPS) is 16.2. The number of hydrogen-bond acceptors (Lipinski definition) is 5. The Kier molecular flexibility index (Phi) is 6.47. The minimum atomic E-state index is -0.684. The van der Waals surface area contributed by atoms with Gasteiger partial charge < -0.3 is 14.8 Å². The van der Waals surface area contributed by atoms with Gasteiger partial charge in [-0.1, -0.05) is 24.1 Å². The number of piperidine rings is 1. The van der Waals surface area contributed by atoms with E-state index >= 15 is 0 Å². The van der Waals surface area contributed by atoms with Crippen LogP contribution in [0, 0.1) is 0 Å². The second-order valence-electron chi connectivity index (χ2n) is 10.6. The minimum Gasteiger partial charge on any atom is -0.495 e. The van der Waals surface area contributed by atoms with Gasteiger partial charge in [-0.15, -0.1) is 0 Å². The highest BCUT2D eigenvalue weighted by atomic mass is 35.5. The molecule has 1 aromatic heterocycles. The summed E-state index contributed by atoms with van der Waals surface area (Å²) in [6, 6.07) is 9.85. The molecule has 1 N–H and O–H groups in total. The van der Waals surface area contributed by atoms with Gasteiger partial charge in [0.15, 0.2) is 0 Å². The lowest BCUT2D eigenvalue weighted by Crippen LogP contribution is -2.29. The van der Waals surface area contributed by atoms with Gasteiger partial charge in [-0.25, -0.2) is 9.36 Å². The highest BCUT2D eigenvalue weighted by molar-refractivity contribution is 6.34. The number of fused-ring (bicyclic) bond motifs is 2. The van der Waals surface area contributed by atoms with Crippen molar-refractivity contribution in [3.05, 3.63) is 52.0 Å². The lowest BCUT2D eigenvalue weighted by molar-refractivity contribution is 0.0547. The monoisotopic (exact) mass is 509 g/mol. The van der Waals surface area contributed by atoms with Crippen LogP contribution in [0.1, 0.15) is 61.5 Å². The predicted molar refractivity (Wildman–Crippen MR) is 141 cm³/mol. The number of halogens is 1. The SMILES string of the molecule is COc1cc(-c2cc3cc(CN4CCCCC4)ccc3n2C(=O)OC(C)(C)C)c2c(c1Cl)CNC2=O. The first-order valence-electron chi connectivity index (χ1n) is 12.4. The number of nitrogens with zero attached hydrogens (tertiary/aromatic N) is 2. The number of nitrogens with one attached hydrogen (secondary N) is 1. The molecule has 3 heterocycles. The van der Waals surface area contributed by atoms with Crippen LogP contribution in [0.3, 0.4) is 0 Å². The molecule has 0 spiro atoms. The fourth-order valence-corrected chi connectivity index (χ4v) is 5.45. The molecule has 0 aliphatic carbocycles. The van der Waals surface area contributed by atoms with Crippen LogP contribution in [0.15, 0.2) is 30.3 Å². The van der Waals surface area contributed by atoms with Crippen molar-refractivity contribution in [1.29, 1.82) is 0 Å². The summed E-state index contributed by atoms with van der Waals surface area (Å²) >= 11 is 6.54. The largest absolute Gasteiger partial charge is 0.495 e. The molecule has 1 amide bonds. The molecule has 8 heteroatoms. The van der Waals surface area contributed by atoms with Crippen LogP contribution < -0.4 is 10.1 Å². The average Bonchev–Trinajstić information content (AvgIpc) is 3.40. The number of carbonyl (C=O) groups excluding carboxylic acids is 2. The topological polar surface area (TPSA) is 72.8 Å². The summed E-state index contributed by atoms with van der Waals surface area (Å²) in [4.78, 5) is 28.8. The maximum absolute atomic E-state index is 13.5. The molecule has 2 aliphatic heterocycles. The fourth-order valence-electron chi connectivity index (χ4n) is 5.16. The third-order valence-corrected chi connectivity index (χ3v) is 7.19. The van der Waals surface area contributed by atoms with Gasteiger partial charge in [0.2, 0.25) is 0 Å². The first-order chi connectivity index (χ1) is 17.2. The van der Waals surface area contributed by atoms with Crippen molar-refractivity contribution >= 4 is 34.5 Å². The summed E-state index contributed by atoms with van der Waals surface area (Å²) in [7, 11) is 1.54. The smallest absolute Gasteiger partial charge is 0.419 e. The second-order valence-corrected chi connectivity index (χ2v) is 10.9. The zero-order chi connectivity index (χ0) is 25.6. The fraction of sp³-hybridized carbons (Fsp3) is 0.429. The molecule has 1 saturated heterocycles. The molecule has 5 rings (SSSR count). The average molecular weight is 510 g/mol. The van der Waals surface area contributed by atoms with E-state index in [4.69, 9.17) is 21.1 Å². The van der Waals surface area contributed by atoms with Gasteiger partial charge in [0.1, 0.15) is 11.4 Å². The molecule has 36 heavy (non-hydrogen) atoms. The van der Waals surface area contributed by atoms with Gasteiger partial charge in [0.05, 0.1) is 28.9 Å². The molecule has 3 aromatic rings. The van der Waals surface area contributed by atoms with Crippen molar-refractivity contribution in [1.82, 2.24) is 14.8 Å². The van der Waals surface area contributed by atoms with Crippen LogP contribution >= 0.6 is 11.6 Å². The van der Waals surface area contributed by atoms with Gasteiger partial charge in [0, 0.05) is 29.6 Å².